The average molecular weight is 869 g/mol. The second kappa shape index (κ2) is 16.5. The van der Waals surface area contributed by atoms with Crippen LogP contribution >= 0.6 is 0 Å². The van der Waals surface area contributed by atoms with E-state index in [0.717, 1.165) is 117 Å². The third kappa shape index (κ3) is 7.08. The van der Waals surface area contributed by atoms with Crippen LogP contribution in [0, 0.1) is 51.4 Å². The molecule has 320 valence electrons. The molecule has 0 saturated heterocycles. The highest BCUT2D eigenvalue weighted by Gasteiger charge is 2.29. The number of H-pyrrole nitrogens is 1. The molecule has 6 bridgehead atoms. The number of aliphatic imine (C=N–C) groups is 1. The molecule has 4 nitrogen and oxygen atoms in total. The number of nitrogens with zero attached hydrogens (tertiary/aromatic N) is 3. The first kappa shape index (κ1) is 40.5. The smallest absolute Gasteiger partial charge is 0.146 e. The Kier molecular flexibility index (Phi) is 9.83. The third-order valence-corrected chi connectivity index (χ3v) is 13.1. The van der Waals surface area contributed by atoms with Crippen LogP contribution in [0.25, 0.3) is 39.4 Å². The quantitative estimate of drug-likeness (QED) is 0.171. The molecule has 4 heteroatoms. The summed E-state index contributed by atoms with van der Waals surface area (Å²) < 4.78 is 2.35. The minimum atomic E-state index is 0.786. The Balaban J connectivity index is 1.31. The van der Waals surface area contributed by atoms with Crippen LogP contribution in [0.2, 0.25) is 0 Å². The van der Waals surface area contributed by atoms with E-state index >= 15 is 0 Å². The van der Waals surface area contributed by atoms with Crippen molar-refractivity contribution < 1.29 is 0 Å². The van der Waals surface area contributed by atoms with Crippen LogP contribution < -0.4 is 16.1 Å². The molecule has 0 amide bonds. The normalized spacial score (nSPS) is 13.5. The zero-order chi connectivity index (χ0) is 45.9. The number of aromatic nitrogens is 2. The Morgan fingerprint density at radius 3 is 1.41 bits per heavy atom. The Bertz CT molecular complexity index is 3980. The van der Waals surface area contributed by atoms with Crippen LogP contribution in [0.5, 0.6) is 0 Å². The van der Waals surface area contributed by atoms with E-state index in [4.69, 9.17) is 9.98 Å². The number of aromatic amines is 1. The first-order chi connectivity index (χ1) is 33.3. The van der Waals surface area contributed by atoms with Gasteiger partial charge < -0.3 is 4.98 Å². The summed E-state index contributed by atoms with van der Waals surface area (Å²) in [5.41, 5.74) is 22.6. The van der Waals surface area contributed by atoms with Crippen LogP contribution in [0.4, 0.5) is 0 Å². The van der Waals surface area contributed by atoms with Crippen molar-refractivity contribution in [3.05, 3.63) is 282 Å². The zero-order valence-electron chi connectivity index (χ0n) is 38.2. The lowest BCUT2D eigenvalue weighted by atomic mass is 9.93. The number of aryl methyl sites for hydroxylation is 4. The van der Waals surface area contributed by atoms with Crippen molar-refractivity contribution in [3.8, 4) is 34.8 Å². The van der Waals surface area contributed by atoms with Gasteiger partial charge in [0.25, 0.3) is 0 Å². The fourth-order valence-electron chi connectivity index (χ4n) is 9.61. The molecule has 0 unspecified atom stereocenters. The van der Waals surface area contributed by atoms with E-state index in [1.807, 2.05) is 48.5 Å². The molecule has 9 aromatic rings. The summed E-state index contributed by atoms with van der Waals surface area (Å²) in [6.07, 6.45) is 6.62. The molecule has 6 aromatic carbocycles. The molecule has 68 heavy (non-hydrogen) atoms. The van der Waals surface area contributed by atoms with Crippen molar-refractivity contribution in [3.63, 3.8) is 0 Å². The van der Waals surface area contributed by atoms with Gasteiger partial charge in [-0.2, -0.15) is 0 Å². The molecule has 0 spiro atoms. The van der Waals surface area contributed by atoms with Gasteiger partial charge in [-0.05, 0) is 105 Å². The number of hydrogen-bond donors (Lipinski definition) is 1. The molecule has 3 aliphatic rings. The van der Waals surface area contributed by atoms with E-state index in [2.05, 4.69) is 200 Å². The lowest BCUT2D eigenvalue weighted by Gasteiger charge is -2.13. The van der Waals surface area contributed by atoms with Gasteiger partial charge in [0, 0.05) is 38.6 Å². The van der Waals surface area contributed by atoms with Crippen LogP contribution in [0.15, 0.2) is 203 Å². The van der Waals surface area contributed by atoms with Gasteiger partial charge in [0.1, 0.15) is 5.49 Å². The van der Waals surface area contributed by atoms with Crippen LogP contribution in [0.3, 0.4) is 0 Å². The summed E-state index contributed by atoms with van der Waals surface area (Å²) in [4.78, 5) is 15.5. The number of allylic oxidation sites excluding steroid dienone is 3. The fraction of sp³-hybridized carbons (Fsp3) is 0.0625. The highest BCUT2D eigenvalue weighted by Crippen LogP contribution is 2.40. The molecule has 0 radical (unpaired) electrons. The summed E-state index contributed by atoms with van der Waals surface area (Å²) in [5.74, 6) is 14.6. The first-order valence-corrected chi connectivity index (χ1v) is 23.1. The molecular weight excluding hydrogens is 825 g/mol. The standard InChI is InChI=1S/C64H44N4/c1-40-15-25-46(26-16-40)58-52-39-55-61(49-31-21-43(4)22-32-49)63-51(34-24-45-13-9-6-10-14-45)50(33-23-44-11-7-5-8-12-44)62(67-63)60(48-29-19-42(3)20-30-48)54-36-35-53(65-54)59(47-27-17-41(2)18-28-47)57-38-37-56(58)68(57)64(52)66-55/h5-22,25-32,35-39,67H,1-4H3. The van der Waals surface area contributed by atoms with Crippen molar-refractivity contribution >= 4 is 34.0 Å². The number of fused-ring (bicyclic) bond motifs is 4. The third-order valence-electron chi connectivity index (χ3n) is 13.1. The van der Waals surface area contributed by atoms with Crippen molar-refractivity contribution in [1.82, 2.24) is 9.38 Å². The molecule has 0 aliphatic carbocycles. The van der Waals surface area contributed by atoms with Crippen LogP contribution in [0.1, 0.15) is 72.6 Å². The molecule has 0 fully saturated rings. The molecule has 6 heterocycles. The van der Waals surface area contributed by atoms with Crippen molar-refractivity contribution in [2.24, 2.45) is 9.98 Å². The zero-order valence-corrected chi connectivity index (χ0v) is 38.2. The van der Waals surface area contributed by atoms with Crippen molar-refractivity contribution in [2.45, 2.75) is 27.7 Å². The summed E-state index contributed by atoms with van der Waals surface area (Å²) in [7, 11) is 0. The molecule has 1 N–H and O–H groups in total. The SMILES string of the molecule is Cc1ccc(C2=C3C=CC(=N3)C(c3ccc(C)cc3)=c3ccc4c(-c5ccc(C)cc5)c5c(n34)=NC(=C(c3ccc(C)cc3)c3[nH]c2c(C#Cc2ccccc2)c3C#Cc2ccccc2)C=5)cc1. The lowest BCUT2D eigenvalue weighted by molar-refractivity contribution is 1.04. The topological polar surface area (TPSA) is 44.9 Å². The second-order valence-corrected chi connectivity index (χ2v) is 17.9. The van der Waals surface area contributed by atoms with Gasteiger partial charge in [-0.25, -0.2) is 9.98 Å². The Hall–Kier alpha value is -8.96. The van der Waals surface area contributed by atoms with Crippen molar-refractivity contribution in [1.29, 1.82) is 0 Å². The number of nitrogens with one attached hydrogen (secondary N) is 1. The number of hydrogen-bond acceptors (Lipinski definition) is 2. The van der Waals surface area contributed by atoms with E-state index in [1.54, 1.807) is 0 Å². The van der Waals surface area contributed by atoms with Gasteiger partial charge in [0.05, 0.1) is 50.5 Å². The maximum Gasteiger partial charge on any atom is 0.146 e. The minimum Gasteiger partial charge on any atom is -0.352 e. The Labute approximate surface area is 396 Å². The monoisotopic (exact) mass is 868 g/mol. The van der Waals surface area contributed by atoms with E-state index in [-0.39, 0.29) is 0 Å². The molecule has 0 saturated carbocycles. The predicted molar refractivity (Wildman–Crippen MR) is 278 cm³/mol. The van der Waals surface area contributed by atoms with Gasteiger partial charge >= 0.3 is 0 Å². The lowest BCUT2D eigenvalue weighted by Crippen LogP contribution is -2.31. The van der Waals surface area contributed by atoms with Gasteiger partial charge in [-0.3, -0.25) is 4.40 Å². The maximum atomic E-state index is 5.76. The Morgan fingerprint density at radius 2 is 0.897 bits per heavy atom. The molecule has 0 atom stereocenters. The van der Waals surface area contributed by atoms with Gasteiger partial charge in [-0.15, -0.1) is 0 Å². The number of benzene rings is 6. The first-order valence-electron chi connectivity index (χ1n) is 23.1. The van der Waals surface area contributed by atoms with Crippen LogP contribution in [-0.4, -0.2) is 15.1 Å². The summed E-state index contributed by atoms with van der Waals surface area (Å²) in [6.45, 7) is 8.52. The van der Waals surface area contributed by atoms with E-state index in [9.17, 15) is 0 Å². The van der Waals surface area contributed by atoms with E-state index in [1.165, 1.54) is 22.3 Å². The van der Waals surface area contributed by atoms with E-state index < -0.39 is 0 Å². The Morgan fingerprint density at radius 1 is 0.426 bits per heavy atom. The summed E-state index contributed by atoms with van der Waals surface area (Å²) >= 11 is 0. The fourth-order valence-corrected chi connectivity index (χ4v) is 9.61. The second-order valence-electron chi connectivity index (χ2n) is 17.9. The van der Waals surface area contributed by atoms with Gasteiger partial charge in [-0.1, -0.05) is 179 Å². The van der Waals surface area contributed by atoms with E-state index in [0.29, 0.717) is 0 Å². The highest BCUT2D eigenvalue weighted by molar-refractivity contribution is 6.30. The molecule has 12 rings (SSSR count). The predicted octanol–water partition coefficient (Wildman–Crippen LogP) is 11.5. The van der Waals surface area contributed by atoms with Gasteiger partial charge in [0.15, 0.2) is 0 Å². The van der Waals surface area contributed by atoms with Crippen LogP contribution in [-0.2, 0) is 0 Å². The average Bonchev–Trinajstić information content (AvgIpc) is 4.21. The van der Waals surface area contributed by atoms with Crippen molar-refractivity contribution in [2.75, 3.05) is 0 Å². The largest absolute Gasteiger partial charge is 0.352 e. The summed E-state index contributed by atoms with van der Waals surface area (Å²) in [5, 5.41) is 2.09. The van der Waals surface area contributed by atoms with Gasteiger partial charge in [0.2, 0.25) is 0 Å². The summed E-state index contributed by atoms with van der Waals surface area (Å²) in [6, 6.07) is 60.0. The molecular formula is C64H44N4. The number of rotatable bonds is 4. The highest BCUT2D eigenvalue weighted by atomic mass is 15.0. The molecule has 3 aromatic heterocycles. The molecule has 3 aliphatic heterocycles. The maximum absolute atomic E-state index is 5.76. The minimum absolute atomic E-state index is 0.786.